The zero-order valence-electron chi connectivity index (χ0n) is 13.8. The molecule has 1 atom stereocenters. The Morgan fingerprint density at radius 1 is 1.48 bits per heavy atom. The lowest BCUT2D eigenvalue weighted by molar-refractivity contribution is -0.130. The highest BCUT2D eigenvalue weighted by molar-refractivity contribution is 5.82. The lowest BCUT2D eigenvalue weighted by Crippen LogP contribution is -2.58. The van der Waals surface area contributed by atoms with Gasteiger partial charge in [-0.25, -0.2) is 9.67 Å². The van der Waals surface area contributed by atoms with Gasteiger partial charge in [0.05, 0.1) is 12.3 Å². The maximum absolute atomic E-state index is 12.3. The Balaban J connectivity index is 1.87. The van der Waals surface area contributed by atoms with Crippen molar-refractivity contribution in [2.24, 2.45) is 0 Å². The van der Waals surface area contributed by atoms with Crippen LogP contribution in [0.5, 0.6) is 0 Å². The predicted molar refractivity (Wildman–Crippen MR) is 85.7 cm³/mol. The number of furan rings is 1. The third kappa shape index (κ3) is 3.14. The van der Waals surface area contributed by atoms with E-state index in [0.29, 0.717) is 37.1 Å². The third-order valence-electron chi connectivity index (χ3n) is 4.20. The molecule has 1 unspecified atom stereocenters. The lowest BCUT2D eigenvalue weighted by Gasteiger charge is -2.37. The molecule has 7 nitrogen and oxygen atoms in total. The SMILES string of the molecule is CCn1nc(-c2ccco2)nc1CC1C(=O)NCCN1C(C)C. The molecule has 1 amide bonds. The monoisotopic (exact) mass is 317 g/mol. The number of hydrogen-bond donors (Lipinski definition) is 1. The van der Waals surface area contributed by atoms with E-state index >= 15 is 0 Å². The summed E-state index contributed by atoms with van der Waals surface area (Å²) < 4.78 is 7.22. The van der Waals surface area contributed by atoms with Gasteiger partial charge in [-0.3, -0.25) is 9.69 Å². The van der Waals surface area contributed by atoms with Crippen LogP contribution in [0.1, 0.15) is 26.6 Å². The molecule has 124 valence electrons. The van der Waals surface area contributed by atoms with E-state index in [-0.39, 0.29) is 11.9 Å². The van der Waals surface area contributed by atoms with E-state index in [0.717, 1.165) is 12.4 Å². The van der Waals surface area contributed by atoms with Crippen LogP contribution in [-0.2, 0) is 17.8 Å². The van der Waals surface area contributed by atoms with E-state index in [1.165, 1.54) is 0 Å². The molecule has 0 aliphatic carbocycles. The second-order valence-electron chi connectivity index (χ2n) is 5.99. The molecule has 2 aromatic rings. The first-order valence-electron chi connectivity index (χ1n) is 8.11. The number of carbonyl (C=O) groups is 1. The molecule has 0 saturated carbocycles. The molecule has 0 aromatic carbocycles. The van der Waals surface area contributed by atoms with Crippen LogP contribution < -0.4 is 5.32 Å². The third-order valence-corrected chi connectivity index (χ3v) is 4.20. The quantitative estimate of drug-likeness (QED) is 0.900. The number of carbonyl (C=O) groups excluding carboxylic acids is 1. The highest BCUT2D eigenvalue weighted by Crippen LogP contribution is 2.19. The molecule has 0 bridgehead atoms. The van der Waals surface area contributed by atoms with E-state index in [1.54, 1.807) is 6.26 Å². The summed E-state index contributed by atoms with van der Waals surface area (Å²) in [7, 11) is 0. The van der Waals surface area contributed by atoms with Gasteiger partial charge in [-0.2, -0.15) is 0 Å². The number of aromatic nitrogens is 3. The normalized spacial score (nSPS) is 19.3. The summed E-state index contributed by atoms with van der Waals surface area (Å²) in [4.78, 5) is 19.1. The van der Waals surface area contributed by atoms with Crippen LogP contribution in [0.2, 0.25) is 0 Å². The fourth-order valence-electron chi connectivity index (χ4n) is 3.02. The minimum Gasteiger partial charge on any atom is -0.461 e. The zero-order chi connectivity index (χ0) is 16.4. The Morgan fingerprint density at radius 3 is 2.96 bits per heavy atom. The largest absolute Gasteiger partial charge is 0.461 e. The molecule has 23 heavy (non-hydrogen) atoms. The molecule has 0 radical (unpaired) electrons. The summed E-state index contributed by atoms with van der Waals surface area (Å²) >= 11 is 0. The first kappa shape index (κ1) is 15.7. The van der Waals surface area contributed by atoms with Crippen LogP contribution in [0.15, 0.2) is 22.8 Å². The number of nitrogens with zero attached hydrogens (tertiary/aromatic N) is 4. The van der Waals surface area contributed by atoms with E-state index in [4.69, 9.17) is 4.42 Å². The van der Waals surface area contributed by atoms with E-state index in [9.17, 15) is 4.79 Å². The Labute approximate surface area is 135 Å². The van der Waals surface area contributed by atoms with Crippen molar-refractivity contribution in [3.8, 4) is 11.6 Å². The van der Waals surface area contributed by atoms with Gasteiger partial charge in [-0.1, -0.05) is 0 Å². The summed E-state index contributed by atoms with van der Waals surface area (Å²) in [5, 5.41) is 7.45. The maximum Gasteiger partial charge on any atom is 0.237 e. The van der Waals surface area contributed by atoms with Crippen molar-refractivity contribution in [3.63, 3.8) is 0 Å². The molecular weight excluding hydrogens is 294 g/mol. The molecule has 1 saturated heterocycles. The standard InChI is InChI=1S/C16H23N5O2/c1-4-21-14(18-15(19-21)13-6-5-9-23-13)10-12-16(22)17-7-8-20(12)11(2)3/h5-6,9,11-12H,4,7-8,10H2,1-3H3,(H,17,22). The van der Waals surface area contributed by atoms with E-state index < -0.39 is 0 Å². The van der Waals surface area contributed by atoms with Crippen molar-refractivity contribution in [2.75, 3.05) is 13.1 Å². The van der Waals surface area contributed by atoms with Gasteiger partial charge in [0.2, 0.25) is 11.7 Å². The molecule has 0 spiro atoms. The average molecular weight is 317 g/mol. The Kier molecular flexibility index (Phi) is 4.47. The van der Waals surface area contributed by atoms with Crippen molar-refractivity contribution in [3.05, 3.63) is 24.2 Å². The maximum atomic E-state index is 12.3. The van der Waals surface area contributed by atoms with Crippen LogP contribution in [0.25, 0.3) is 11.6 Å². The molecule has 3 heterocycles. The Morgan fingerprint density at radius 2 is 2.30 bits per heavy atom. The van der Waals surface area contributed by atoms with Gasteiger partial charge < -0.3 is 9.73 Å². The van der Waals surface area contributed by atoms with Crippen molar-refractivity contribution in [2.45, 2.75) is 45.8 Å². The summed E-state index contributed by atoms with van der Waals surface area (Å²) in [5.41, 5.74) is 0. The van der Waals surface area contributed by atoms with Gasteiger partial charge in [-0.15, -0.1) is 5.10 Å². The second kappa shape index (κ2) is 6.54. The van der Waals surface area contributed by atoms with Gasteiger partial charge >= 0.3 is 0 Å². The number of amides is 1. The molecule has 1 N–H and O–H groups in total. The second-order valence-corrected chi connectivity index (χ2v) is 5.99. The number of piperazine rings is 1. The van der Waals surface area contributed by atoms with Gasteiger partial charge in [-0.05, 0) is 32.9 Å². The number of nitrogens with one attached hydrogen (secondary N) is 1. The van der Waals surface area contributed by atoms with Crippen LogP contribution in [0, 0.1) is 0 Å². The van der Waals surface area contributed by atoms with Gasteiger partial charge in [0.1, 0.15) is 5.82 Å². The molecule has 2 aromatic heterocycles. The number of rotatable bonds is 5. The summed E-state index contributed by atoms with van der Waals surface area (Å²) in [6, 6.07) is 3.76. The van der Waals surface area contributed by atoms with E-state index in [2.05, 4.69) is 34.1 Å². The summed E-state index contributed by atoms with van der Waals surface area (Å²) in [6.07, 6.45) is 2.16. The van der Waals surface area contributed by atoms with Gasteiger partial charge in [0.25, 0.3) is 0 Å². The molecule has 1 aliphatic rings. The average Bonchev–Trinajstić information content (AvgIpc) is 3.17. The fraction of sp³-hybridized carbons (Fsp3) is 0.562. The topological polar surface area (TPSA) is 76.2 Å². The number of aryl methyl sites for hydroxylation is 1. The van der Waals surface area contributed by atoms with Crippen molar-refractivity contribution >= 4 is 5.91 Å². The predicted octanol–water partition coefficient (Wildman–Crippen LogP) is 1.31. The minimum atomic E-state index is -0.206. The van der Waals surface area contributed by atoms with Crippen LogP contribution in [0.4, 0.5) is 0 Å². The highest BCUT2D eigenvalue weighted by atomic mass is 16.3. The van der Waals surface area contributed by atoms with E-state index in [1.807, 2.05) is 23.7 Å². The van der Waals surface area contributed by atoms with Crippen LogP contribution in [-0.4, -0.2) is 50.7 Å². The molecule has 1 fully saturated rings. The Bertz CT molecular complexity index is 662. The Hall–Kier alpha value is -2.15. The smallest absolute Gasteiger partial charge is 0.237 e. The van der Waals surface area contributed by atoms with Gasteiger partial charge in [0.15, 0.2) is 5.76 Å². The fourth-order valence-corrected chi connectivity index (χ4v) is 3.02. The first-order valence-corrected chi connectivity index (χ1v) is 8.11. The van der Waals surface area contributed by atoms with Crippen molar-refractivity contribution in [1.29, 1.82) is 0 Å². The van der Waals surface area contributed by atoms with Gasteiger partial charge in [0, 0.05) is 32.1 Å². The zero-order valence-corrected chi connectivity index (χ0v) is 13.8. The van der Waals surface area contributed by atoms with Crippen molar-refractivity contribution in [1.82, 2.24) is 25.0 Å². The van der Waals surface area contributed by atoms with Crippen LogP contribution >= 0.6 is 0 Å². The first-order chi connectivity index (χ1) is 11.1. The molecule has 3 rings (SSSR count). The highest BCUT2D eigenvalue weighted by Gasteiger charge is 2.33. The molecule has 7 heteroatoms. The number of hydrogen-bond acceptors (Lipinski definition) is 5. The van der Waals surface area contributed by atoms with Crippen molar-refractivity contribution < 1.29 is 9.21 Å². The molecule has 1 aliphatic heterocycles. The van der Waals surface area contributed by atoms with Crippen LogP contribution in [0.3, 0.4) is 0 Å². The lowest BCUT2D eigenvalue weighted by atomic mass is 10.1. The summed E-state index contributed by atoms with van der Waals surface area (Å²) in [5.74, 6) is 2.09. The molecular formula is C16H23N5O2. The minimum absolute atomic E-state index is 0.0650. The summed E-state index contributed by atoms with van der Waals surface area (Å²) in [6.45, 7) is 8.52.